The molecule has 122 valence electrons. The topological polar surface area (TPSA) is 49.3 Å². The normalized spacial score (nSPS) is 22.4. The molecule has 1 aromatic rings. The van der Waals surface area contributed by atoms with E-state index in [2.05, 4.69) is 5.32 Å². The molecule has 0 aliphatic heterocycles. The fourth-order valence-electron chi connectivity index (χ4n) is 2.99. The SMILES string of the molecule is O=C(NCc1cccc(CO)c1)C1CCCCC1C(F)(F)F. The van der Waals surface area contributed by atoms with Crippen molar-refractivity contribution in [1.29, 1.82) is 0 Å². The van der Waals surface area contributed by atoms with Crippen LogP contribution in [0.15, 0.2) is 24.3 Å². The number of aliphatic hydroxyl groups is 1. The highest BCUT2D eigenvalue weighted by atomic mass is 19.4. The minimum Gasteiger partial charge on any atom is -0.392 e. The maximum Gasteiger partial charge on any atom is 0.392 e. The van der Waals surface area contributed by atoms with Gasteiger partial charge in [0.05, 0.1) is 12.5 Å². The summed E-state index contributed by atoms with van der Waals surface area (Å²) in [4.78, 5) is 12.1. The highest BCUT2D eigenvalue weighted by Gasteiger charge is 2.47. The molecule has 1 saturated carbocycles. The number of carbonyl (C=O) groups excluding carboxylic acids is 1. The molecular formula is C16H20F3NO2. The van der Waals surface area contributed by atoms with Crippen molar-refractivity contribution >= 4 is 5.91 Å². The summed E-state index contributed by atoms with van der Waals surface area (Å²) in [5.74, 6) is -3.06. The van der Waals surface area contributed by atoms with E-state index in [1.807, 2.05) is 0 Å². The summed E-state index contributed by atoms with van der Waals surface area (Å²) in [6.07, 6.45) is -2.83. The lowest BCUT2D eigenvalue weighted by molar-refractivity contribution is -0.198. The van der Waals surface area contributed by atoms with Gasteiger partial charge in [-0.15, -0.1) is 0 Å². The molecule has 3 nitrogen and oxygen atoms in total. The molecule has 1 fully saturated rings. The first-order chi connectivity index (χ1) is 10.4. The molecular weight excluding hydrogens is 295 g/mol. The molecule has 0 aromatic heterocycles. The Bertz CT molecular complexity index is 516. The second-order valence-corrected chi connectivity index (χ2v) is 5.73. The average Bonchev–Trinajstić information content (AvgIpc) is 2.52. The molecule has 2 atom stereocenters. The Balaban J connectivity index is 1.98. The minimum atomic E-state index is -4.32. The monoisotopic (exact) mass is 315 g/mol. The maximum atomic E-state index is 13.0. The first-order valence-corrected chi connectivity index (χ1v) is 7.45. The summed E-state index contributed by atoms with van der Waals surface area (Å²) in [5, 5.41) is 11.7. The Kier molecular flexibility index (Phi) is 5.45. The number of amides is 1. The summed E-state index contributed by atoms with van der Waals surface area (Å²) in [7, 11) is 0. The number of halogens is 3. The maximum absolute atomic E-state index is 13.0. The Labute approximate surface area is 127 Å². The third-order valence-electron chi connectivity index (χ3n) is 4.16. The van der Waals surface area contributed by atoms with E-state index < -0.39 is 23.9 Å². The van der Waals surface area contributed by atoms with E-state index in [-0.39, 0.29) is 26.0 Å². The van der Waals surface area contributed by atoms with Crippen molar-refractivity contribution in [2.45, 2.75) is 45.0 Å². The van der Waals surface area contributed by atoms with Gasteiger partial charge in [-0.1, -0.05) is 37.1 Å². The summed E-state index contributed by atoms with van der Waals surface area (Å²) < 4.78 is 39.0. The molecule has 0 saturated heterocycles. The van der Waals surface area contributed by atoms with Crippen LogP contribution in [0, 0.1) is 11.8 Å². The van der Waals surface area contributed by atoms with Crippen molar-refractivity contribution in [1.82, 2.24) is 5.32 Å². The third-order valence-corrected chi connectivity index (χ3v) is 4.16. The molecule has 2 rings (SSSR count). The van der Waals surface area contributed by atoms with Gasteiger partial charge in [-0.25, -0.2) is 0 Å². The van der Waals surface area contributed by atoms with Gasteiger partial charge < -0.3 is 10.4 Å². The van der Waals surface area contributed by atoms with E-state index in [4.69, 9.17) is 5.11 Å². The largest absolute Gasteiger partial charge is 0.392 e. The lowest BCUT2D eigenvalue weighted by atomic mass is 9.78. The number of rotatable bonds is 4. The Hall–Kier alpha value is -1.56. The molecule has 22 heavy (non-hydrogen) atoms. The van der Waals surface area contributed by atoms with Crippen LogP contribution in [0.1, 0.15) is 36.8 Å². The number of hydrogen-bond acceptors (Lipinski definition) is 2. The van der Waals surface area contributed by atoms with E-state index in [0.29, 0.717) is 18.4 Å². The zero-order valence-electron chi connectivity index (χ0n) is 12.2. The van der Waals surface area contributed by atoms with Gasteiger partial charge in [0.25, 0.3) is 0 Å². The molecule has 1 aliphatic carbocycles. The highest BCUT2D eigenvalue weighted by Crippen LogP contribution is 2.41. The number of alkyl halides is 3. The van der Waals surface area contributed by atoms with Crippen LogP contribution >= 0.6 is 0 Å². The molecule has 2 unspecified atom stereocenters. The van der Waals surface area contributed by atoms with Crippen LogP contribution in [-0.2, 0) is 17.9 Å². The van der Waals surface area contributed by atoms with E-state index >= 15 is 0 Å². The molecule has 0 radical (unpaired) electrons. The first kappa shape index (κ1) is 16.8. The highest BCUT2D eigenvalue weighted by molar-refractivity contribution is 5.79. The number of aliphatic hydroxyl groups excluding tert-OH is 1. The predicted molar refractivity (Wildman–Crippen MR) is 75.7 cm³/mol. The molecule has 0 bridgehead atoms. The van der Waals surface area contributed by atoms with E-state index in [1.54, 1.807) is 24.3 Å². The molecule has 1 aromatic carbocycles. The Morgan fingerprint density at radius 1 is 1.23 bits per heavy atom. The van der Waals surface area contributed by atoms with Crippen molar-refractivity contribution in [2.24, 2.45) is 11.8 Å². The van der Waals surface area contributed by atoms with E-state index in [0.717, 1.165) is 5.56 Å². The lowest BCUT2D eigenvalue weighted by Crippen LogP contribution is -2.42. The summed E-state index contributed by atoms with van der Waals surface area (Å²) >= 11 is 0. The van der Waals surface area contributed by atoms with Crippen LogP contribution in [0.25, 0.3) is 0 Å². The predicted octanol–water partition coefficient (Wildman–Crippen LogP) is 3.16. The first-order valence-electron chi connectivity index (χ1n) is 7.45. The second kappa shape index (κ2) is 7.13. The third kappa shape index (κ3) is 4.22. The number of hydrogen-bond donors (Lipinski definition) is 2. The van der Waals surface area contributed by atoms with Gasteiger partial charge in [0.15, 0.2) is 0 Å². The number of benzene rings is 1. The van der Waals surface area contributed by atoms with E-state index in [1.165, 1.54) is 0 Å². The van der Waals surface area contributed by atoms with Gasteiger partial charge >= 0.3 is 6.18 Å². The van der Waals surface area contributed by atoms with Gasteiger partial charge in [0.1, 0.15) is 0 Å². The fourth-order valence-corrected chi connectivity index (χ4v) is 2.99. The van der Waals surface area contributed by atoms with Crippen molar-refractivity contribution in [3.8, 4) is 0 Å². The van der Waals surface area contributed by atoms with Crippen molar-refractivity contribution in [2.75, 3.05) is 0 Å². The zero-order valence-corrected chi connectivity index (χ0v) is 12.2. The van der Waals surface area contributed by atoms with E-state index in [9.17, 15) is 18.0 Å². The van der Waals surface area contributed by atoms with Crippen molar-refractivity contribution in [3.63, 3.8) is 0 Å². The second-order valence-electron chi connectivity index (χ2n) is 5.73. The molecule has 2 N–H and O–H groups in total. The zero-order chi connectivity index (χ0) is 16.2. The molecule has 1 amide bonds. The van der Waals surface area contributed by atoms with Gasteiger partial charge in [-0.2, -0.15) is 13.2 Å². The Morgan fingerprint density at radius 2 is 1.91 bits per heavy atom. The summed E-state index contributed by atoms with van der Waals surface area (Å²) in [5.41, 5.74) is 1.47. The van der Waals surface area contributed by atoms with Gasteiger partial charge in [0, 0.05) is 12.5 Å². The van der Waals surface area contributed by atoms with Crippen LogP contribution in [-0.4, -0.2) is 17.2 Å². The average molecular weight is 315 g/mol. The molecule has 0 heterocycles. The van der Waals surface area contributed by atoms with Crippen LogP contribution in [0.2, 0.25) is 0 Å². The van der Waals surface area contributed by atoms with Crippen molar-refractivity contribution < 1.29 is 23.1 Å². The molecule has 0 spiro atoms. The van der Waals surface area contributed by atoms with Crippen LogP contribution in [0.5, 0.6) is 0 Å². The van der Waals surface area contributed by atoms with Gasteiger partial charge in [0.2, 0.25) is 5.91 Å². The number of nitrogens with one attached hydrogen (secondary N) is 1. The van der Waals surface area contributed by atoms with Gasteiger partial charge in [-0.05, 0) is 24.0 Å². The lowest BCUT2D eigenvalue weighted by Gasteiger charge is -2.32. The summed E-state index contributed by atoms with van der Waals surface area (Å²) in [6, 6.07) is 6.97. The number of carbonyl (C=O) groups is 1. The van der Waals surface area contributed by atoms with Crippen LogP contribution < -0.4 is 5.32 Å². The molecule has 6 heteroatoms. The standard InChI is InChI=1S/C16H20F3NO2/c17-16(18,19)14-7-2-1-6-13(14)15(22)20-9-11-4-3-5-12(8-11)10-21/h3-5,8,13-14,21H,1-2,6-7,9-10H2,(H,20,22). The van der Waals surface area contributed by atoms with Crippen LogP contribution in [0.4, 0.5) is 13.2 Å². The Morgan fingerprint density at radius 3 is 2.59 bits per heavy atom. The summed E-state index contributed by atoms with van der Waals surface area (Å²) in [6.45, 7) is 0.0638. The van der Waals surface area contributed by atoms with Crippen LogP contribution in [0.3, 0.4) is 0 Å². The van der Waals surface area contributed by atoms with Crippen molar-refractivity contribution in [3.05, 3.63) is 35.4 Å². The van der Waals surface area contributed by atoms with Gasteiger partial charge in [-0.3, -0.25) is 4.79 Å². The minimum absolute atomic E-state index is 0.0293. The quantitative estimate of drug-likeness (QED) is 0.896. The smallest absolute Gasteiger partial charge is 0.392 e. The fraction of sp³-hybridized carbons (Fsp3) is 0.562. The molecule has 1 aliphatic rings.